The van der Waals surface area contributed by atoms with Crippen molar-refractivity contribution in [1.29, 1.82) is 0 Å². The van der Waals surface area contributed by atoms with Crippen LogP contribution in [0.2, 0.25) is 0 Å². The van der Waals surface area contributed by atoms with E-state index in [4.69, 9.17) is 66.7 Å². The number of aliphatic hydroxyl groups is 4. The van der Waals surface area contributed by atoms with E-state index in [0.717, 1.165) is 5.56 Å². The van der Waals surface area contributed by atoms with Gasteiger partial charge in [-0.3, -0.25) is 48.3 Å². The molecular formula is C50H68ClN3O25. The Balaban J connectivity index is 0.000000415. The van der Waals surface area contributed by atoms with Crippen molar-refractivity contribution in [2.45, 2.75) is 147 Å². The van der Waals surface area contributed by atoms with Gasteiger partial charge in [0.25, 0.3) is 6.29 Å². The van der Waals surface area contributed by atoms with Crippen molar-refractivity contribution in [3.05, 3.63) is 59.7 Å². The molecule has 0 saturated carbocycles. The van der Waals surface area contributed by atoms with Crippen LogP contribution in [-0.2, 0) is 90.5 Å². The number of esters is 8. The van der Waals surface area contributed by atoms with E-state index in [1.54, 1.807) is 55.6 Å². The van der Waals surface area contributed by atoms with Gasteiger partial charge in [-0.25, -0.2) is 0 Å². The number of ether oxygens (including phenoxy) is 13. The Morgan fingerprint density at radius 1 is 0.494 bits per heavy atom. The van der Waals surface area contributed by atoms with E-state index in [2.05, 4.69) is 15.7 Å². The molecular weight excluding hydrogens is 1080 g/mol. The van der Waals surface area contributed by atoms with Gasteiger partial charge >= 0.3 is 47.8 Å². The van der Waals surface area contributed by atoms with Gasteiger partial charge in [0.2, 0.25) is 6.29 Å². The first-order chi connectivity index (χ1) is 36.8. The molecule has 0 amide bonds. The maximum atomic E-state index is 11.9. The molecule has 0 radical (unpaired) electrons. The van der Waals surface area contributed by atoms with Crippen molar-refractivity contribution >= 4 is 60.2 Å². The molecule has 440 valence electrons. The number of nitrogens with zero attached hydrogens (tertiary/aromatic N) is 2. The van der Waals surface area contributed by atoms with Crippen LogP contribution in [0.1, 0.15) is 66.5 Å². The summed E-state index contributed by atoms with van der Waals surface area (Å²) in [5.74, 6) is -3.80. The maximum Gasteiger partial charge on any atom is 0.305 e. The first-order valence-electron chi connectivity index (χ1n) is 23.9. The van der Waals surface area contributed by atoms with Crippen LogP contribution in [0.3, 0.4) is 0 Å². The molecule has 0 bridgehead atoms. The highest BCUT2D eigenvalue weighted by Crippen LogP contribution is 2.31. The third-order valence-electron chi connectivity index (χ3n) is 10.9. The van der Waals surface area contributed by atoms with E-state index in [-0.39, 0.29) is 25.6 Å². The molecule has 0 aliphatic carbocycles. The predicted molar refractivity (Wildman–Crippen MR) is 262 cm³/mol. The molecule has 6 unspecified atom stereocenters. The number of aliphatic imine (C=N–C) groups is 2. The highest BCUT2D eigenvalue weighted by atomic mass is 35.5. The van der Waals surface area contributed by atoms with Crippen LogP contribution in [0, 0.1) is 0 Å². The van der Waals surface area contributed by atoms with Crippen LogP contribution in [0.4, 0.5) is 0 Å². The number of carbonyl (C=O) groups excluding carboxylic acids is 8. The first kappa shape index (κ1) is 68.2. The standard InChI is InChI=1S/C22H27NO10.C14H21NO9.C14H19NO6.ClH/c1-12(24)29-11-18-20(30-13(2)25)21(31-14(3)26)19(22(33-18)32-15(4)27)23-10-16-6-8-17(28-5)9-7-16;1-6(16)20-5-10-12(21-7(2)17)13(22-8(3)18)11(15)14(24-10)23-9(4)19;1-20-9-4-2-8(3-5-9)6-15-11-13(18)12(17)10(7-16)21-14(11)19;/h6-10,18-22H,11H2,1-5H3;10-14H,5,15H2,1-4H3;2-6,10-14,16-19H,7H2,1H3;1H/t18?,19?,20-,21-,22-;2*10?,11?,12-,13-,14-;/m111./s1. The van der Waals surface area contributed by atoms with Crippen LogP contribution >= 0.6 is 0 Å². The number of quaternary nitrogens is 1. The molecule has 2 aromatic carbocycles. The second kappa shape index (κ2) is 33.5. The molecule has 3 aliphatic rings. The van der Waals surface area contributed by atoms with Gasteiger partial charge in [0.05, 0.1) is 20.8 Å². The molecule has 0 spiro atoms. The van der Waals surface area contributed by atoms with Gasteiger partial charge in [-0.2, -0.15) is 0 Å². The summed E-state index contributed by atoms with van der Waals surface area (Å²) < 4.78 is 67.8. The van der Waals surface area contributed by atoms with Crippen molar-refractivity contribution in [3.63, 3.8) is 0 Å². The number of methoxy groups -OCH3 is 2. The monoisotopic (exact) mass is 1150 g/mol. The summed E-state index contributed by atoms with van der Waals surface area (Å²) in [6, 6.07) is 11.0. The third kappa shape index (κ3) is 22.4. The normalized spacial score (nSPS) is 28.0. The minimum Gasteiger partial charge on any atom is -1.00 e. The lowest BCUT2D eigenvalue weighted by Crippen LogP contribution is -3.00. The van der Waals surface area contributed by atoms with Gasteiger partial charge in [-0.05, 0) is 59.7 Å². The summed E-state index contributed by atoms with van der Waals surface area (Å²) in [5.41, 5.74) is 5.19. The zero-order valence-electron chi connectivity index (χ0n) is 44.9. The number of carbonyl (C=O) groups is 8. The summed E-state index contributed by atoms with van der Waals surface area (Å²) in [6.45, 7) is 8.31. The molecule has 15 atom stereocenters. The van der Waals surface area contributed by atoms with Crippen molar-refractivity contribution in [3.8, 4) is 11.5 Å². The topological polar surface area (TPSA) is 390 Å². The molecule has 3 aliphatic heterocycles. The van der Waals surface area contributed by atoms with Gasteiger partial charge in [0.15, 0.2) is 42.8 Å². The number of rotatable bonds is 17. The van der Waals surface area contributed by atoms with Crippen molar-refractivity contribution in [1.82, 2.24) is 0 Å². The Kier molecular flexibility index (Phi) is 28.9. The average molecular weight is 1150 g/mol. The molecule has 0 aromatic heterocycles. The Labute approximate surface area is 460 Å². The van der Waals surface area contributed by atoms with Crippen molar-refractivity contribution in [2.75, 3.05) is 34.0 Å². The lowest BCUT2D eigenvalue weighted by atomic mass is 9.96. The smallest absolute Gasteiger partial charge is 0.305 e. The van der Waals surface area contributed by atoms with Gasteiger partial charge < -0.3 is 100 Å². The number of aliphatic hydroxyl groups excluding tert-OH is 4. The molecule has 29 heteroatoms. The van der Waals surface area contributed by atoms with Crippen molar-refractivity contribution in [2.24, 2.45) is 9.98 Å². The molecule has 2 aromatic rings. The zero-order valence-corrected chi connectivity index (χ0v) is 45.7. The summed E-state index contributed by atoms with van der Waals surface area (Å²) >= 11 is 0. The highest BCUT2D eigenvalue weighted by molar-refractivity contribution is 5.81. The molecule has 79 heavy (non-hydrogen) atoms. The minimum absolute atomic E-state index is 0. The van der Waals surface area contributed by atoms with E-state index in [0.29, 0.717) is 17.1 Å². The summed E-state index contributed by atoms with van der Waals surface area (Å²) in [7, 11) is 3.10. The van der Waals surface area contributed by atoms with Gasteiger partial charge in [0, 0.05) is 67.8 Å². The van der Waals surface area contributed by atoms with Crippen molar-refractivity contribution < 1.29 is 139 Å². The van der Waals surface area contributed by atoms with Crippen LogP contribution in [0.5, 0.6) is 11.5 Å². The fourth-order valence-corrected chi connectivity index (χ4v) is 7.53. The van der Waals surface area contributed by atoms with Crippen LogP contribution in [0.25, 0.3) is 0 Å². The average Bonchev–Trinajstić information content (AvgIpc) is 3.37. The largest absolute Gasteiger partial charge is 1.00 e. The molecule has 7 N–H and O–H groups in total. The van der Waals surface area contributed by atoms with Gasteiger partial charge in [0.1, 0.15) is 61.3 Å². The number of hydrogen-bond donors (Lipinski definition) is 5. The Morgan fingerprint density at radius 2 is 0.861 bits per heavy atom. The number of halogens is 1. The number of benzene rings is 2. The van der Waals surface area contributed by atoms with E-state index >= 15 is 0 Å². The van der Waals surface area contributed by atoms with Gasteiger partial charge in [-0.1, -0.05) is 0 Å². The lowest BCUT2D eigenvalue weighted by molar-refractivity contribution is -0.496. The highest BCUT2D eigenvalue weighted by Gasteiger charge is 2.54. The summed E-state index contributed by atoms with van der Waals surface area (Å²) in [5, 5.41) is 38.5. The predicted octanol–water partition coefficient (Wildman–Crippen LogP) is -4.57. The Hall–Kier alpha value is -6.89. The van der Waals surface area contributed by atoms with Crippen LogP contribution < -0.4 is 27.6 Å². The molecule has 3 saturated heterocycles. The second-order valence-corrected chi connectivity index (χ2v) is 17.2. The second-order valence-electron chi connectivity index (χ2n) is 17.2. The fourth-order valence-electron chi connectivity index (χ4n) is 7.53. The van der Waals surface area contributed by atoms with E-state index in [1.165, 1.54) is 74.9 Å². The Morgan fingerprint density at radius 3 is 1.25 bits per heavy atom. The lowest BCUT2D eigenvalue weighted by Gasteiger charge is -2.42. The fraction of sp³-hybridized carbons (Fsp3) is 0.560. The number of hydrogen-bond acceptors (Lipinski definition) is 27. The molecule has 5 rings (SSSR count). The Bertz CT molecular complexity index is 2360. The molecule has 28 nitrogen and oxygen atoms in total. The SMILES string of the molecule is CC(=O)OCC1O[C@@H](OC(C)=O)C([NH3+])[C@@H](OC(C)=O)[C@@H]1OC(C)=O.COc1ccc(C=NC2[C@H](O)OC(CO)[C@@H](O)[C@@H]2O)cc1.COc1ccc(C=NC2[C@H](OC(C)=O)OC(COC(C)=O)[C@@H](OC(C)=O)[C@@H]2OC(C)=O)cc1.[Cl-]. The van der Waals surface area contributed by atoms with E-state index in [9.17, 15) is 53.7 Å². The summed E-state index contributed by atoms with van der Waals surface area (Å²) in [6.07, 6.45) is -11.1. The molecule has 3 fully saturated rings. The quantitative estimate of drug-likeness (QED) is 0.0565. The van der Waals surface area contributed by atoms with Crippen LogP contribution in [0.15, 0.2) is 58.5 Å². The zero-order chi connectivity index (χ0) is 58.4. The minimum atomic E-state index is -1.39. The third-order valence-corrected chi connectivity index (χ3v) is 10.9. The summed E-state index contributed by atoms with van der Waals surface area (Å²) in [4.78, 5) is 100. The molecule has 3 heterocycles. The van der Waals surface area contributed by atoms with Crippen LogP contribution in [-0.4, -0.2) is 207 Å². The van der Waals surface area contributed by atoms with Gasteiger partial charge in [-0.15, -0.1) is 0 Å². The maximum absolute atomic E-state index is 11.9. The first-order valence-corrected chi connectivity index (χ1v) is 23.9. The van der Waals surface area contributed by atoms with E-state index < -0.39 is 146 Å². The van der Waals surface area contributed by atoms with E-state index in [1.807, 2.05) is 0 Å².